The van der Waals surface area contributed by atoms with Crippen LogP contribution in [0.4, 0.5) is 14.5 Å². The van der Waals surface area contributed by atoms with E-state index in [1.165, 1.54) is 11.0 Å². The second-order valence-electron chi connectivity index (χ2n) is 6.76. The van der Waals surface area contributed by atoms with E-state index >= 15 is 0 Å². The van der Waals surface area contributed by atoms with Crippen LogP contribution in [0.25, 0.3) is 0 Å². The summed E-state index contributed by atoms with van der Waals surface area (Å²) in [6, 6.07) is 3.05. The molecule has 0 aromatic heterocycles. The van der Waals surface area contributed by atoms with E-state index in [9.17, 15) is 23.2 Å². The number of anilines is 1. The molecule has 0 spiro atoms. The number of allylic oxidation sites excluding steroid dienone is 2. The number of amides is 3. The SMILES string of the molecule is O=C(CCN1C(=O)C2C3C=CC(C3)C2C1=O)Nc1ccc(F)c(F)c1. The summed E-state index contributed by atoms with van der Waals surface area (Å²) in [5.74, 6) is -3.22. The van der Waals surface area contributed by atoms with Crippen molar-refractivity contribution in [1.82, 2.24) is 4.90 Å². The summed E-state index contributed by atoms with van der Waals surface area (Å²) in [7, 11) is 0. The van der Waals surface area contributed by atoms with Crippen molar-refractivity contribution in [1.29, 1.82) is 0 Å². The van der Waals surface area contributed by atoms with Crippen LogP contribution < -0.4 is 5.32 Å². The first kappa shape index (κ1) is 15.9. The molecule has 1 aromatic rings. The molecule has 1 aromatic carbocycles. The summed E-state index contributed by atoms with van der Waals surface area (Å²) in [6.07, 6.45) is 4.79. The minimum atomic E-state index is -1.06. The maximum absolute atomic E-state index is 13.1. The number of likely N-dealkylation sites (tertiary alicyclic amines) is 1. The van der Waals surface area contributed by atoms with Crippen molar-refractivity contribution in [2.45, 2.75) is 12.8 Å². The molecule has 1 saturated carbocycles. The fourth-order valence-electron chi connectivity index (χ4n) is 4.20. The minimum Gasteiger partial charge on any atom is -0.326 e. The number of carbonyl (C=O) groups excluding carboxylic acids is 3. The zero-order valence-corrected chi connectivity index (χ0v) is 13.2. The zero-order valence-electron chi connectivity index (χ0n) is 13.2. The van der Waals surface area contributed by atoms with E-state index in [0.717, 1.165) is 18.6 Å². The molecule has 25 heavy (non-hydrogen) atoms. The minimum absolute atomic E-state index is 0.000380. The average Bonchev–Trinajstić information content (AvgIpc) is 3.24. The highest BCUT2D eigenvalue weighted by Crippen LogP contribution is 2.52. The standard InChI is InChI=1S/C18H16F2N2O3/c19-12-4-3-11(8-13(12)20)21-14(23)5-6-22-17(24)15-9-1-2-10(7-9)16(15)18(22)25/h1-4,8-10,15-16H,5-7H2,(H,21,23). The third-order valence-electron chi connectivity index (χ3n) is 5.33. The van der Waals surface area contributed by atoms with Crippen LogP contribution in [0.3, 0.4) is 0 Å². The lowest BCUT2D eigenvalue weighted by atomic mass is 9.85. The topological polar surface area (TPSA) is 66.5 Å². The van der Waals surface area contributed by atoms with Gasteiger partial charge in [-0.2, -0.15) is 0 Å². The van der Waals surface area contributed by atoms with Gasteiger partial charge < -0.3 is 5.32 Å². The molecule has 4 atom stereocenters. The van der Waals surface area contributed by atoms with Crippen molar-refractivity contribution < 1.29 is 23.2 Å². The largest absolute Gasteiger partial charge is 0.326 e. The van der Waals surface area contributed by atoms with Crippen LogP contribution in [0.2, 0.25) is 0 Å². The molecule has 1 heterocycles. The highest BCUT2D eigenvalue weighted by molar-refractivity contribution is 6.06. The molecule has 1 saturated heterocycles. The molecule has 130 valence electrons. The number of rotatable bonds is 4. The highest BCUT2D eigenvalue weighted by Gasteiger charge is 2.58. The van der Waals surface area contributed by atoms with Crippen molar-refractivity contribution >= 4 is 23.4 Å². The van der Waals surface area contributed by atoms with E-state index in [-0.39, 0.29) is 54.1 Å². The summed E-state index contributed by atoms with van der Waals surface area (Å²) in [5, 5.41) is 2.44. The molecule has 7 heteroatoms. The predicted molar refractivity (Wildman–Crippen MR) is 84.0 cm³/mol. The quantitative estimate of drug-likeness (QED) is 0.671. The van der Waals surface area contributed by atoms with Gasteiger partial charge >= 0.3 is 0 Å². The van der Waals surface area contributed by atoms with Crippen LogP contribution in [-0.2, 0) is 14.4 Å². The van der Waals surface area contributed by atoms with Crippen LogP contribution in [0.5, 0.6) is 0 Å². The first-order valence-corrected chi connectivity index (χ1v) is 8.24. The molecule has 3 amide bonds. The van der Waals surface area contributed by atoms with Gasteiger partial charge in [0.2, 0.25) is 17.7 Å². The fourth-order valence-corrected chi connectivity index (χ4v) is 4.20. The summed E-state index contributed by atoms with van der Waals surface area (Å²) in [5.41, 5.74) is 0.127. The number of hydrogen-bond donors (Lipinski definition) is 1. The lowest BCUT2D eigenvalue weighted by Crippen LogP contribution is -2.35. The Morgan fingerprint density at radius 2 is 1.72 bits per heavy atom. The van der Waals surface area contributed by atoms with Crippen LogP contribution in [0.15, 0.2) is 30.4 Å². The normalized spacial score (nSPS) is 29.4. The van der Waals surface area contributed by atoms with Crippen LogP contribution >= 0.6 is 0 Å². The third-order valence-corrected chi connectivity index (χ3v) is 5.33. The molecule has 2 fully saturated rings. The van der Waals surface area contributed by atoms with Crippen molar-refractivity contribution in [2.75, 3.05) is 11.9 Å². The number of imide groups is 1. The van der Waals surface area contributed by atoms with E-state index in [1.807, 2.05) is 12.2 Å². The van der Waals surface area contributed by atoms with Gasteiger partial charge in [-0.05, 0) is 30.4 Å². The van der Waals surface area contributed by atoms with Gasteiger partial charge in [0.15, 0.2) is 11.6 Å². The van der Waals surface area contributed by atoms with Gasteiger partial charge in [0.05, 0.1) is 11.8 Å². The lowest BCUT2D eigenvalue weighted by Gasteiger charge is -2.16. The average molecular weight is 346 g/mol. The maximum Gasteiger partial charge on any atom is 0.233 e. The predicted octanol–water partition coefficient (Wildman–Crippen LogP) is 2.10. The number of nitrogens with zero attached hydrogens (tertiary/aromatic N) is 1. The summed E-state index contributed by atoms with van der Waals surface area (Å²) >= 11 is 0. The van der Waals surface area contributed by atoms with Crippen molar-refractivity contribution in [3.8, 4) is 0 Å². The van der Waals surface area contributed by atoms with Gasteiger partial charge in [0, 0.05) is 24.7 Å². The van der Waals surface area contributed by atoms with Crippen molar-refractivity contribution in [3.63, 3.8) is 0 Å². The molecule has 0 radical (unpaired) electrons. The van der Waals surface area contributed by atoms with Crippen molar-refractivity contribution in [3.05, 3.63) is 42.0 Å². The number of fused-ring (bicyclic) bond motifs is 5. The second-order valence-corrected chi connectivity index (χ2v) is 6.76. The molecule has 3 aliphatic rings. The zero-order chi connectivity index (χ0) is 17.7. The van der Waals surface area contributed by atoms with Gasteiger partial charge in [0.1, 0.15) is 0 Å². The molecule has 1 aliphatic heterocycles. The summed E-state index contributed by atoms with van der Waals surface area (Å²) in [6.45, 7) is -0.000380. The number of carbonyl (C=O) groups is 3. The lowest BCUT2D eigenvalue weighted by molar-refractivity contribution is -0.140. The van der Waals surface area contributed by atoms with E-state index in [2.05, 4.69) is 5.32 Å². The van der Waals surface area contributed by atoms with Gasteiger partial charge in [0.25, 0.3) is 0 Å². The van der Waals surface area contributed by atoms with Gasteiger partial charge in [-0.15, -0.1) is 0 Å². The van der Waals surface area contributed by atoms with Gasteiger partial charge in [-0.1, -0.05) is 12.2 Å². The Hall–Kier alpha value is -2.57. The molecule has 1 N–H and O–H groups in total. The Labute approximate surface area is 142 Å². The van der Waals surface area contributed by atoms with E-state index < -0.39 is 17.5 Å². The van der Waals surface area contributed by atoms with Gasteiger partial charge in [-0.3, -0.25) is 19.3 Å². The Bertz CT molecular complexity index is 778. The first-order chi connectivity index (χ1) is 12.0. The monoisotopic (exact) mass is 346 g/mol. The molecule has 4 rings (SSSR count). The highest BCUT2D eigenvalue weighted by atomic mass is 19.2. The van der Waals surface area contributed by atoms with E-state index in [0.29, 0.717) is 0 Å². The van der Waals surface area contributed by atoms with E-state index in [4.69, 9.17) is 0 Å². The fraction of sp³-hybridized carbons (Fsp3) is 0.389. The Kier molecular flexibility index (Phi) is 3.67. The molecule has 2 aliphatic carbocycles. The Morgan fingerprint density at radius 3 is 2.32 bits per heavy atom. The molecular weight excluding hydrogens is 330 g/mol. The van der Waals surface area contributed by atoms with Gasteiger partial charge in [-0.25, -0.2) is 8.78 Å². The smallest absolute Gasteiger partial charge is 0.233 e. The molecule has 4 unspecified atom stereocenters. The summed E-state index contributed by atoms with van der Waals surface area (Å²) < 4.78 is 26.0. The van der Waals surface area contributed by atoms with Crippen LogP contribution in [-0.4, -0.2) is 29.2 Å². The van der Waals surface area contributed by atoms with E-state index in [1.54, 1.807) is 0 Å². The number of benzene rings is 1. The molecule has 2 bridgehead atoms. The second kappa shape index (κ2) is 5.75. The van der Waals surface area contributed by atoms with Crippen molar-refractivity contribution in [2.24, 2.45) is 23.7 Å². The molecular formula is C18H16F2N2O3. The summed E-state index contributed by atoms with van der Waals surface area (Å²) in [4.78, 5) is 38.1. The Morgan fingerprint density at radius 1 is 1.08 bits per heavy atom. The number of hydrogen-bond acceptors (Lipinski definition) is 3. The van der Waals surface area contributed by atoms with Crippen LogP contribution in [0, 0.1) is 35.3 Å². The third kappa shape index (κ3) is 2.54. The molecule has 5 nitrogen and oxygen atoms in total. The maximum atomic E-state index is 13.1. The number of nitrogens with one attached hydrogen (secondary N) is 1. The number of halogens is 2. The van der Waals surface area contributed by atoms with Crippen LogP contribution in [0.1, 0.15) is 12.8 Å². The first-order valence-electron chi connectivity index (χ1n) is 8.24. The Balaban J connectivity index is 1.37.